The van der Waals surface area contributed by atoms with Gasteiger partial charge in [-0.3, -0.25) is 9.58 Å². The average molecular weight is 381 g/mol. The Hall–Kier alpha value is -2.38. The molecule has 0 aliphatic carbocycles. The van der Waals surface area contributed by atoms with Gasteiger partial charge in [0.05, 0.1) is 23.9 Å². The van der Waals surface area contributed by atoms with Gasteiger partial charge in [-0.05, 0) is 37.5 Å². The van der Waals surface area contributed by atoms with Crippen molar-refractivity contribution in [2.45, 2.75) is 38.0 Å². The Morgan fingerprint density at radius 3 is 2.82 bits per heavy atom. The molecule has 2 aliphatic rings. The molecular weight excluding hydrogens is 354 g/mol. The number of hydrogen-bond donors (Lipinski definition) is 0. The van der Waals surface area contributed by atoms with Crippen molar-refractivity contribution in [2.24, 2.45) is 7.05 Å². The monoisotopic (exact) mass is 381 g/mol. The standard InChI is InChI=1S/C21H27N5O2/c1-24-13-16(22-23-24)14-25-9-5-18(6-10-25)28-21-4-2-3-20-19(21)7-11-26(20)17-8-12-27-15-17/h2-4,7,11,13,17-18H,5-6,8-10,12,14-15H2,1H3. The number of likely N-dealkylation sites (tertiary alicyclic amines) is 1. The van der Waals surface area contributed by atoms with E-state index in [-0.39, 0.29) is 6.10 Å². The van der Waals surface area contributed by atoms with Gasteiger partial charge in [0.25, 0.3) is 0 Å². The molecule has 2 aromatic heterocycles. The first-order chi connectivity index (χ1) is 13.8. The quantitative estimate of drug-likeness (QED) is 0.680. The van der Waals surface area contributed by atoms with Crippen LogP contribution in [0.2, 0.25) is 0 Å². The van der Waals surface area contributed by atoms with Crippen LogP contribution in [0.15, 0.2) is 36.7 Å². The van der Waals surface area contributed by atoms with Crippen LogP contribution in [-0.4, -0.2) is 56.9 Å². The lowest BCUT2D eigenvalue weighted by molar-refractivity contribution is 0.0973. The molecule has 2 fully saturated rings. The molecule has 5 rings (SSSR count). The summed E-state index contributed by atoms with van der Waals surface area (Å²) in [5.41, 5.74) is 2.27. The van der Waals surface area contributed by atoms with E-state index in [2.05, 4.69) is 50.2 Å². The highest BCUT2D eigenvalue weighted by molar-refractivity contribution is 5.86. The lowest BCUT2D eigenvalue weighted by Gasteiger charge is -2.31. The molecule has 1 atom stereocenters. The van der Waals surface area contributed by atoms with Crippen molar-refractivity contribution >= 4 is 10.9 Å². The molecular formula is C21H27N5O2. The van der Waals surface area contributed by atoms with Crippen LogP contribution in [0.5, 0.6) is 5.75 Å². The summed E-state index contributed by atoms with van der Waals surface area (Å²) < 4.78 is 16.1. The number of ether oxygens (including phenoxy) is 2. The molecule has 2 saturated heterocycles. The third kappa shape index (κ3) is 3.52. The van der Waals surface area contributed by atoms with Gasteiger partial charge in [-0.25, -0.2) is 0 Å². The first-order valence-electron chi connectivity index (χ1n) is 10.2. The van der Waals surface area contributed by atoms with Crippen LogP contribution in [0.3, 0.4) is 0 Å². The molecule has 0 bridgehead atoms. The molecule has 0 radical (unpaired) electrons. The van der Waals surface area contributed by atoms with E-state index in [1.165, 1.54) is 10.9 Å². The Balaban J connectivity index is 1.24. The molecule has 4 heterocycles. The number of benzene rings is 1. The normalized spacial score (nSPS) is 21.5. The molecule has 1 aromatic carbocycles. The van der Waals surface area contributed by atoms with Crippen LogP contribution in [-0.2, 0) is 18.3 Å². The van der Waals surface area contributed by atoms with E-state index < -0.39 is 0 Å². The molecule has 2 aliphatic heterocycles. The van der Waals surface area contributed by atoms with Gasteiger partial charge in [0, 0.05) is 51.1 Å². The van der Waals surface area contributed by atoms with E-state index in [0.717, 1.165) is 63.6 Å². The summed E-state index contributed by atoms with van der Waals surface area (Å²) in [4.78, 5) is 2.43. The van der Waals surface area contributed by atoms with Crippen molar-refractivity contribution in [3.05, 3.63) is 42.4 Å². The summed E-state index contributed by atoms with van der Waals surface area (Å²) >= 11 is 0. The predicted molar refractivity (Wildman–Crippen MR) is 106 cm³/mol. The van der Waals surface area contributed by atoms with E-state index in [0.29, 0.717) is 6.04 Å². The lowest BCUT2D eigenvalue weighted by Crippen LogP contribution is -2.37. The molecule has 7 nitrogen and oxygen atoms in total. The molecule has 0 spiro atoms. The number of rotatable bonds is 5. The minimum atomic E-state index is 0.266. The van der Waals surface area contributed by atoms with E-state index in [9.17, 15) is 0 Å². The second kappa shape index (κ2) is 7.56. The topological polar surface area (TPSA) is 57.3 Å². The van der Waals surface area contributed by atoms with Crippen LogP contribution >= 0.6 is 0 Å². The Morgan fingerprint density at radius 2 is 2.07 bits per heavy atom. The van der Waals surface area contributed by atoms with E-state index >= 15 is 0 Å². The number of nitrogens with zero attached hydrogens (tertiary/aromatic N) is 5. The Morgan fingerprint density at radius 1 is 1.18 bits per heavy atom. The molecule has 148 valence electrons. The maximum absolute atomic E-state index is 6.44. The van der Waals surface area contributed by atoms with Crippen molar-refractivity contribution in [2.75, 3.05) is 26.3 Å². The van der Waals surface area contributed by atoms with Crippen LogP contribution in [0.4, 0.5) is 0 Å². The van der Waals surface area contributed by atoms with Gasteiger partial charge in [-0.15, -0.1) is 5.10 Å². The number of piperidine rings is 1. The SMILES string of the molecule is Cn1cc(CN2CCC(Oc3cccc4c3ccn4C3CCOC3)CC2)nn1. The Labute approximate surface area is 164 Å². The van der Waals surface area contributed by atoms with Gasteiger partial charge in [0.15, 0.2) is 0 Å². The number of hydrogen-bond acceptors (Lipinski definition) is 5. The summed E-state index contributed by atoms with van der Waals surface area (Å²) in [5.74, 6) is 1.00. The van der Waals surface area contributed by atoms with Crippen LogP contribution in [0.25, 0.3) is 10.9 Å². The van der Waals surface area contributed by atoms with Gasteiger partial charge in [-0.2, -0.15) is 0 Å². The average Bonchev–Trinajstić information content (AvgIpc) is 3.44. The van der Waals surface area contributed by atoms with E-state index in [1.807, 2.05) is 13.2 Å². The van der Waals surface area contributed by atoms with Gasteiger partial charge in [0.1, 0.15) is 11.9 Å². The fourth-order valence-electron chi connectivity index (χ4n) is 4.38. The van der Waals surface area contributed by atoms with Gasteiger partial charge in [0.2, 0.25) is 0 Å². The molecule has 0 N–H and O–H groups in total. The summed E-state index contributed by atoms with van der Waals surface area (Å²) in [6, 6.07) is 9.02. The minimum absolute atomic E-state index is 0.266. The van der Waals surface area contributed by atoms with E-state index in [1.54, 1.807) is 4.68 Å². The summed E-state index contributed by atoms with van der Waals surface area (Å²) in [7, 11) is 1.91. The van der Waals surface area contributed by atoms with Gasteiger partial charge < -0.3 is 14.0 Å². The molecule has 1 unspecified atom stereocenters. The smallest absolute Gasteiger partial charge is 0.129 e. The lowest BCUT2D eigenvalue weighted by atomic mass is 10.1. The summed E-state index contributed by atoms with van der Waals surface area (Å²) in [5, 5.41) is 9.42. The van der Waals surface area contributed by atoms with Gasteiger partial charge in [-0.1, -0.05) is 11.3 Å². The highest BCUT2D eigenvalue weighted by Crippen LogP contribution is 2.32. The largest absolute Gasteiger partial charge is 0.490 e. The molecule has 7 heteroatoms. The van der Waals surface area contributed by atoms with Crippen molar-refractivity contribution in [3.8, 4) is 5.75 Å². The fourth-order valence-corrected chi connectivity index (χ4v) is 4.38. The second-order valence-corrected chi connectivity index (χ2v) is 7.91. The highest BCUT2D eigenvalue weighted by Gasteiger charge is 2.23. The van der Waals surface area contributed by atoms with Crippen LogP contribution in [0, 0.1) is 0 Å². The maximum Gasteiger partial charge on any atom is 0.129 e. The minimum Gasteiger partial charge on any atom is -0.490 e. The number of aromatic nitrogens is 4. The molecule has 3 aromatic rings. The Bertz CT molecular complexity index is 935. The molecule has 28 heavy (non-hydrogen) atoms. The highest BCUT2D eigenvalue weighted by atomic mass is 16.5. The molecule has 0 amide bonds. The third-order valence-electron chi connectivity index (χ3n) is 5.89. The van der Waals surface area contributed by atoms with Gasteiger partial charge >= 0.3 is 0 Å². The van der Waals surface area contributed by atoms with Crippen molar-refractivity contribution in [1.82, 2.24) is 24.5 Å². The fraction of sp³-hybridized carbons (Fsp3) is 0.524. The maximum atomic E-state index is 6.44. The van der Waals surface area contributed by atoms with Crippen molar-refractivity contribution in [3.63, 3.8) is 0 Å². The van der Waals surface area contributed by atoms with Crippen molar-refractivity contribution < 1.29 is 9.47 Å². The Kier molecular flexibility index (Phi) is 4.78. The zero-order valence-corrected chi connectivity index (χ0v) is 16.3. The second-order valence-electron chi connectivity index (χ2n) is 7.91. The first-order valence-corrected chi connectivity index (χ1v) is 10.2. The summed E-state index contributed by atoms with van der Waals surface area (Å²) in [6.45, 7) is 4.57. The van der Waals surface area contributed by atoms with Crippen LogP contribution in [0.1, 0.15) is 31.0 Å². The summed E-state index contributed by atoms with van der Waals surface area (Å²) in [6.07, 6.45) is 7.59. The zero-order chi connectivity index (χ0) is 18.9. The number of aryl methyl sites for hydroxylation is 1. The first kappa shape index (κ1) is 17.7. The zero-order valence-electron chi connectivity index (χ0n) is 16.3. The third-order valence-corrected chi connectivity index (χ3v) is 5.89. The number of fused-ring (bicyclic) bond motifs is 1. The molecule has 0 saturated carbocycles. The predicted octanol–water partition coefficient (Wildman–Crippen LogP) is 2.77. The van der Waals surface area contributed by atoms with E-state index in [4.69, 9.17) is 9.47 Å². The van der Waals surface area contributed by atoms with Crippen LogP contribution < -0.4 is 4.74 Å². The van der Waals surface area contributed by atoms with Crippen molar-refractivity contribution in [1.29, 1.82) is 0 Å².